The topological polar surface area (TPSA) is 37.3 Å². The van der Waals surface area contributed by atoms with E-state index in [9.17, 15) is 4.79 Å². The average Bonchev–Trinajstić information content (AvgIpc) is 2.51. The summed E-state index contributed by atoms with van der Waals surface area (Å²) in [5.74, 6) is -0.935. The normalized spacial score (nSPS) is 9.67. The Balaban J connectivity index is 0.000000315. The predicted octanol–water partition coefficient (Wildman–Crippen LogP) is 2.96. The van der Waals surface area contributed by atoms with Crippen LogP contribution in [0.3, 0.4) is 0 Å². The molecule has 0 aromatic heterocycles. The summed E-state index contributed by atoms with van der Waals surface area (Å²) in [4.78, 5) is 9.60. The minimum absolute atomic E-state index is 0.176. The van der Waals surface area contributed by atoms with E-state index in [4.69, 9.17) is 5.11 Å². The number of carboxylic acid groups (broad SMARTS) is 1. The van der Waals surface area contributed by atoms with Crippen LogP contribution in [0.5, 0.6) is 0 Å². The van der Waals surface area contributed by atoms with Gasteiger partial charge in [0.25, 0.3) is 0 Å². The maximum atomic E-state index is 9.60. The molecule has 3 heteroatoms. The second-order valence-electron chi connectivity index (χ2n) is 4.65. The first-order valence-electron chi connectivity index (χ1n) is 6.91. The van der Waals surface area contributed by atoms with E-state index in [1.807, 2.05) is 0 Å². The summed E-state index contributed by atoms with van der Waals surface area (Å²) < 4.78 is 4.55. The van der Waals surface area contributed by atoms with Crippen LogP contribution in [0.1, 0.15) is 13.8 Å². The summed E-state index contributed by atoms with van der Waals surface area (Å²) in [6.07, 6.45) is 0. The maximum absolute atomic E-state index is 9.60. The van der Waals surface area contributed by atoms with E-state index in [1.165, 1.54) is 11.4 Å². The summed E-state index contributed by atoms with van der Waals surface area (Å²) >= 11 is -1.54. The minimum atomic E-state index is -1.54. The summed E-state index contributed by atoms with van der Waals surface area (Å²) in [6, 6.07) is 22.0. The van der Waals surface area contributed by atoms with Gasteiger partial charge in [0.1, 0.15) is 0 Å². The van der Waals surface area contributed by atoms with Crippen LogP contribution in [0.4, 0.5) is 0 Å². The van der Waals surface area contributed by atoms with Gasteiger partial charge < -0.3 is 5.11 Å². The molecule has 0 saturated heterocycles. The van der Waals surface area contributed by atoms with Crippen LogP contribution in [-0.2, 0) is 4.79 Å². The SMILES string of the molecule is C=C(C)C(=O)O.C[CH2][Sn]([c]1ccccc1)[c]1ccccc1. The quantitative estimate of drug-likeness (QED) is 0.646. The van der Waals surface area contributed by atoms with Crippen molar-refractivity contribution in [2.75, 3.05) is 0 Å². The molecule has 0 heterocycles. The van der Waals surface area contributed by atoms with Crippen LogP contribution in [0.2, 0.25) is 4.44 Å². The molecule has 0 aliphatic heterocycles. The third-order valence-electron chi connectivity index (χ3n) is 2.96. The van der Waals surface area contributed by atoms with Crippen molar-refractivity contribution in [2.24, 2.45) is 0 Å². The van der Waals surface area contributed by atoms with Crippen molar-refractivity contribution in [1.29, 1.82) is 0 Å². The van der Waals surface area contributed by atoms with Crippen molar-refractivity contribution in [3.8, 4) is 0 Å². The van der Waals surface area contributed by atoms with Crippen molar-refractivity contribution in [1.82, 2.24) is 0 Å². The summed E-state index contributed by atoms with van der Waals surface area (Å²) in [5, 5.41) is 7.89. The van der Waals surface area contributed by atoms with Crippen LogP contribution in [-0.4, -0.2) is 30.8 Å². The van der Waals surface area contributed by atoms with Crippen LogP contribution in [0, 0.1) is 0 Å². The van der Waals surface area contributed by atoms with Gasteiger partial charge in [-0.05, 0) is 6.92 Å². The molecule has 0 amide bonds. The standard InChI is InChI=1S/2C6H5.C4H6O2.C2H5.Sn/c2*1-2-4-6-5-3-1;1-3(2)4(5)6;1-2;/h2*1-5H;1H2,2H3,(H,5,6);1H2,2H3;. The summed E-state index contributed by atoms with van der Waals surface area (Å²) in [6.45, 7) is 6.93. The molecule has 0 aliphatic carbocycles. The number of carboxylic acids is 1. The summed E-state index contributed by atoms with van der Waals surface area (Å²) in [5.41, 5.74) is 0.176. The van der Waals surface area contributed by atoms with E-state index < -0.39 is 25.7 Å². The number of rotatable bonds is 4. The van der Waals surface area contributed by atoms with Crippen molar-refractivity contribution < 1.29 is 9.90 Å². The zero-order valence-electron chi connectivity index (χ0n) is 12.5. The van der Waals surface area contributed by atoms with Crippen LogP contribution in [0.25, 0.3) is 0 Å². The molecule has 0 spiro atoms. The van der Waals surface area contributed by atoms with E-state index in [-0.39, 0.29) is 5.57 Å². The second kappa shape index (κ2) is 9.40. The van der Waals surface area contributed by atoms with E-state index in [0.29, 0.717) is 0 Å². The Kier molecular flexibility index (Phi) is 7.83. The molecule has 1 radical (unpaired) electrons. The molecule has 0 saturated carbocycles. The van der Waals surface area contributed by atoms with Gasteiger partial charge in [0, 0.05) is 5.57 Å². The number of aliphatic carboxylic acids is 1. The Bertz CT molecular complexity index is 513. The van der Waals surface area contributed by atoms with Gasteiger partial charge in [0.2, 0.25) is 0 Å². The van der Waals surface area contributed by atoms with Crippen LogP contribution < -0.4 is 7.16 Å². The van der Waals surface area contributed by atoms with E-state index in [0.717, 1.165) is 0 Å². The number of hydrogen-bond donors (Lipinski definition) is 1. The zero-order chi connectivity index (χ0) is 15.7. The number of benzene rings is 2. The van der Waals surface area contributed by atoms with Gasteiger partial charge in [-0.2, -0.15) is 0 Å². The van der Waals surface area contributed by atoms with E-state index >= 15 is 0 Å². The fourth-order valence-electron chi connectivity index (χ4n) is 1.85. The van der Waals surface area contributed by atoms with Gasteiger partial charge in [-0.1, -0.05) is 6.58 Å². The van der Waals surface area contributed by atoms with E-state index in [2.05, 4.69) is 74.2 Å². The number of carbonyl (C=O) groups is 1. The fourth-order valence-corrected chi connectivity index (χ4v) is 8.53. The molecule has 2 aromatic rings. The Morgan fingerprint density at radius 2 is 1.33 bits per heavy atom. The molecule has 2 aromatic carbocycles. The first-order chi connectivity index (χ1) is 10.1. The van der Waals surface area contributed by atoms with Gasteiger partial charge in [0.05, 0.1) is 0 Å². The van der Waals surface area contributed by atoms with Gasteiger partial charge in [-0.25, -0.2) is 4.79 Å². The second-order valence-corrected chi connectivity index (χ2v) is 12.7. The Morgan fingerprint density at radius 3 is 1.57 bits per heavy atom. The van der Waals surface area contributed by atoms with Crippen molar-refractivity contribution in [3.63, 3.8) is 0 Å². The van der Waals surface area contributed by atoms with Crippen LogP contribution in [0.15, 0.2) is 72.8 Å². The van der Waals surface area contributed by atoms with E-state index in [1.54, 1.807) is 7.16 Å². The molecule has 0 atom stereocenters. The molecular formula is C18H21O2Sn. The molecule has 109 valence electrons. The third kappa shape index (κ3) is 6.17. The Morgan fingerprint density at radius 1 is 1.00 bits per heavy atom. The fraction of sp³-hybridized carbons (Fsp3) is 0.167. The Hall–Kier alpha value is -1.55. The molecular weight excluding hydrogens is 367 g/mol. The monoisotopic (exact) mass is 389 g/mol. The number of hydrogen-bond acceptors (Lipinski definition) is 1. The summed E-state index contributed by atoms with van der Waals surface area (Å²) in [7, 11) is 0. The molecule has 0 fully saturated rings. The zero-order valence-corrected chi connectivity index (χ0v) is 15.4. The molecule has 1 N–H and O–H groups in total. The molecule has 0 bridgehead atoms. The van der Waals surface area contributed by atoms with Gasteiger partial charge in [0.15, 0.2) is 0 Å². The predicted molar refractivity (Wildman–Crippen MR) is 90.8 cm³/mol. The molecule has 0 aliphatic rings. The molecule has 2 rings (SSSR count). The van der Waals surface area contributed by atoms with Crippen molar-refractivity contribution >= 4 is 32.9 Å². The van der Waals surface area contributed by atoms with Crippen LogP contribution >= 0.6 is 0 Å². The first kappa shape index (κ1) is 17.5. The average molecular weight is 388 g/mol. The van der Waals surface area contributed by atoms with Crippen molar-refractivity contribution in [2.45, 2.75) is 18.3 Å². The molecule has 0 unspecified atom stereocenters. The molecule has 21 heavy (non-hydrogen) atoms. The molecule has 2 nitrogen and oxygen atoms in total. The van der Waals surface area contributed by atoms with Gasteiger partial charge >= 0.3 is 105 Å². The van der Waals surface area contributed by atoms with Gasteiger partial charge in [-0.3, -0.25) is 0 Å². The Labute approximate surface area is 133 Å². The third-order valence-corrected chi connectivity index (χ3v) is 10.9. The van der Waals surface area contributed by atoms with Gasteiger partial charge in [-0.15, -0.1) is 0 Å². The first-order valence-corrected chi connectivity index (χ1v) is 11.8. The van der Waals surface area contributed by atoms with Crippen molar-refractivity contribution in [3.05, 3.63) is 72.8 Å².